The molecule has 2 aliphatic rings. The number of aliphatic hydroxyl groups excluding tert-OH is 1. The second-order valence-corrected chi connectivity index (χ2v) is 8.28. The van der Waals surface area contributed by atoms with Crippen LogP contribution in [0.25, 0.3) is 11.1 Å². The maximum Gasteiger partial charge on any atom is 0.255 e. The van der Waals surface area contributed by atoms with Crippen LogP contribution in [0.5, 0.6) is 17.4 Å². The molecule has 0 spiro atoms. The van der Waals surface area contributed by atoms with Crippen LogP contribution in [0.3, 0.4) is 0 Å². The van der Waals surface area contributed by atoms with Crippen molar-refractivity contribution in [2.75, 3.05) is 56.5 Å². The summed E-state index contributed by atoms with van der Waals surface area (Å²) >= 11 is 0. The molecule has 9 nitrogen and oxygen atoms in total. The standard InChI is InChI=1S/C26H27N3O6/c1-17-2-4-20(27-26(31)18-3-5-22-23(12-18)35-16-34-22)15-21(17)19-13-24(29-6-9-32-10-7-29)28-25(14-19)33-11-8-30/h2-5,12-15,30H,6-11,16H2,1H3,(H,27,31). The van der Waals surface area contributed by atoms with Gasteiger partial charge in [-0.2, -0.15) is 4.98 Å². The lowest BCUT2D eigenvalue weighted by Gasteiger charge is -2.28. The van der Waals surface area contributed by atoms with Crippen molar-refractivity contribution in [2.45, 2.75) is 6.92 Å². The maximum absolute atomic E-state index is 12.9. The average molecular weight is 478 g/mol. The van der Waals surface area contributed by atoms with E-state index in [2.05, 4.69) is 15.2 Å². The largest absolute Gasteiger partial charge is 0.475 e. The van der Waals surface area contributed by atoms with Crippen LogP contribution in [0.15, 0.2) is 48.5 Å². The number of nitrogens with zero attached hydrogens (tertiary/aromatic N) is 2. The van der Waals surface area contributed by atoms with Crippen LogP contribution in [0.1, 0.15) is 15.9 Å². The Labute approximate surface area is 203 Å². The van der Waals surface area contributed by atoms with E-state index in [-0.39, 0.29) is 25.9 Å². The van der Waals surface area contributed by atoms with Gasteiger partial charge in [0.15, 0.2) is 11.5 Å². The first-order valence-corrected chi connectivity index (χ1v) is 11.5. The minimum atomic E-state index is -0.242. The van der Waals surface area contributed by atoms with Crippen LogP contribution in [0.2, 0.25) is 0 Å². The number of amides is 1. The van der Waals surface area contributed by atoms with Gasteiger partial charge in [0, 0.05) is 30.4 Å². The number of rotatable bonds is 7. The molecule has 182 valence electrons. The third kappa shape index (κ3) is 5.16. The van der Waals surface area contributed by atoms with Gasteiger partial charge in [0.1, 0.15) is 12.4 Å². The maximum atomic E-state index is 12.9. The number of anilines is 2. The fourth-order valence-corrected chi connectivity index (χ4v) is 4.08. The molecule has 3 heterocycles. The number of ether oxygens (including phenoxy) is 4. The van der Waals surface area contributed by atoms with E-state index in [1.165, 1.54) is 0 Å². The highest BCUT2D eigenvalue weighted by atomic mass is 16.7. The first kappa shape index (κ1) is 22.9. The molecule has 1 aromatic heterocycles. The lowest BCUT2D eigenvalue weighted by Crippen LogP contribution is -2.36. The molecular weight excluding hydrogens is 450 g/mol. The first-order valence-electron chi connectivity index (χ1n) is 11.5. The Kier molecular flexibility index (Phi) is 6.69. The molecule has 0 unspecified atom stereocenters. The van der Waals surface area contributed by atoms with Gasteiger partial charge in [0.25, 0.3) is 5.91 Å². The van der Waals surface area contributed by atoms with Crippen LogP contribution in [-0.2, 0) is 4.74 Å². The number of hydrogen-bond donors (Lipinski definition) is 2. The molecule has 5 rings (SSSR count). The summed E-state index contributed by atoms with van der Waals surface area (Å²) in [5, 5.41) is 12.2. The van der Waals surface area contributed by atoms with Crippen molar-refractivity contribution in [3.05, 3.63) is 59.7 Å². The van der Waals surface area contributed by atoms with Gasteiger partial charge < -0.3 is 34.3 Å². The minimum Gasteiger partial charge on any atom is -0.475 e. The zero-order valence-electron chi connectivity index (χ0n) is 19.5. The summed E-state index contributed by atoms with van der Waals surface area (Å²) in [6, 6.07) is 14.8. The number of aryl methyl sites for hydroxylation is 1. The second kappa shape index (κ2) is 10.2. The van der Waals surface area contributed by atoms with E-state index in [0.717, 1.165) is 35.6 Å². The lowest BCUT2D eigenvalue weighted by molar-refractivity contribution is 0.102. The number of morpholine rings is 1. The summed E-state index contributed by atoms with van der Waals surface area (Å²) in [6.45, 7) is 4.98. The predicted molar refractivity (Wildman–Crippen MR) is 131 cm³/mol. The smallest absolute Gasteiger partial charge is 0.255 e. The van der Waals surface area contributed by atoms with Gasteiger partial charge >= 0.3 is 0 Å². The molecule has 9 heteroatoms. The van der Waals surface area contributed by atoms with Crippen LogP contribution < -0.4 is 24.4 Å². The molecule has 0 atom stereocenters. The SMILES string of the molecule is Cc1ccc(NC(=O)c2ccc3c(c2)OCO3)cc1-c1cc(OCCO)nc(N2CCOCC2)c1. The molecule has 0 radical (unpaired) electrons. The van der Waals surface area contributed by atoms with Gasteiger partial charge in [-0.25, -0.2) is 0 Å². The van der Waals surface area contributed by atoms with Crippen molar-refractivity contribution < 1.29 is 28.8 Å². The van der Waals surface area contributed by atoms with Crippen LogP contribution in [0, 0.1) is 6.92 Å². The Hall–Kier alpha value is -3.82. The summed E-state index contributed by atoms with van der Waals surface area (Å²) in [5.41, 5.74) is 4.04. The summed E-state index contributed by atoms with van der Waals surface area (Å²) in [7, 11) is 0. The van der Waals surface area contributed by atoms with Crippen LogP contribution >= 0.6 is 0 Å². The quantitative estimate of drug-likeness (QED) is 0.535. The van der Waals surface area contributed by atoms with E-state index >= 15 is 0 Å². The summed E-state index contributed by atoms with van der Waals surface area (Å²) in [6.07, 6.45) is 0. The third-order valence-electron chi connectivity index (χ3n) is 5.91. The average Bonchev–Trinajstić information content (AvgIpc) is 3.37. The Morgan fingerprint density at radius 2 is 1.91 bits per heavy atom. The normalized spacial score (nSPS) is 14.6. The van der Waals surface area contributed by atoms with Gasteiger partial charge in [-0.3, -0.25) is 4.79 Å². The predicted octanol–water partition coefficient (Wildman–Crippen LogP) is 3.25. The molecule has 2 N–H and O–H groups in total. The molecule has 1 saturated heterocycles. The van der Waals surface area contributed by atoms with Gasteiger partial charge in [0.05, 0.1) is 19.8 Å². The van der Waals surface area contributed by atoms with Crippen molar-refractivity contribution in [1.29, 1.82) is 0 Å². The molecular formula is C26H27N3O6. The molecule has 1 amide bonds. The highest BCUT2D eigenvalue weighted by Crippen LogP contribution is 2.34. The number of benzene rings is 2. The molecule has 35 heavy (non-hydrogen) atoms. The lowest BCUT2D eigenvalue weighted by atomic mass is 10.00. The molecule has 3 aromatic rings. The number of carbonyl (C=O) groups is 1. The highest BCUT2D eigenvalue weighted by molar-refractivity contribution is 6.05. The van der Waals surface area contributed by atoms with Crippen LogP contribution in [0.4, 0.5) is 11.5 Å². The van der Waals surface area contributed by atoms with E-state index in [4.69, 9.17) is 18.9 Å². The Bertz CT molecular complexity index is 1230. The number of carbonyl (C=O) groups excluding carboxylic acids is 1. The van der Waals surface area contributed by atoms with Crippen molar-refractivity contribution in [1.82, 2.24) is 4.98 Å². The Morgan fingerprint density at radius 3 is 2.74 bits per heavy atom. The number of nitrogens with one attached hydrogen (secondary N) is 1. The molecule has 0 bridgehead atoms. The third-order valence-corrected chi connectivity index (χ3v) is 5.91. The topological polar surface area (TPSA) is 102 Å². The number of fused-ring (bicyclic) bond motifs is 1. The van der Waals surface area contributed by atoms with E-state index < -0.39 is 0 Å². The van der Waals surface area contributed by atoms with E-state index in [1.807, 2.05) is 37.3 Å². The molecule has 2 aromatic carbocycles. The van der Waals surface area contributed by atoms with Crippen molar-refractivity contribution in [3.8, 4) is 28.5 Å². The van der Waals surface area contributed by atoms with Crippen molar-refractivity contribution in [2.24, 2.45) is 0 Å². The molecule has 2 aliphatic heterocycles. The highest BCUT2D eigenvalue weighted by Gasteiger charge is 2.18. The van der Waals surface area contributed by atoms with Gasteiger partial charge in [-0.1, -0.05) is 6.07 Å². The minimum absolute atomic E-state index is 0.0980. The summed E-state index contributed by atoms with van der Waals surface area (Å²) in [4.78, 5) is 19.7. The number of hydrogen-bond acceptors (Lipinski definition) is 8. The van der Waals surface area contributed by atoms with E-state index in [9.17, 15) is 9.90 Å². The van der Waals surface area contributed by atoms with Gasteiger partial charge in [-0.15, -0.1) is 0 Å². The Balaban J connectivity index is 1.43. The van der Waals surface area contributed by atoms with Crippen LogP contribution in [-0.4, -0.2) is 62.3 Å². The number of aromatic nitrogens is 1. The van der Waals surface area contributed by atoms with Gasteiger partial charge in [0.2, 0.25) is 12.7 Å². The molecule has 0 saturated carbocycles. The number of aliphatic hydroxyl groups is 1. The zero-order chi connectivity index (χ0) is 24.2. The fourth-order valence-electron chi connectivity index (χ4n) is 4.08. The van der Waals surface area contributed by atoms with Gasteiger partial charge in [-0.05, 0) is 60.0 Å². The van der Waals surface area contributed by atoms with E-state index in [1.54, 1.807) is 18.2 Å². The Morgan fingerprint density at radius 1 is 1.09 bits per heavy atom. The zero-order valence-corrected chi connectivity index (χ0v) is 19.5. The second-order valence-electron chi connectivity index (χ2n) is 8.28. The summed E-state index contributed by atoms with van der Waals surface area (Å²) < 4.78 is 21.9. The van der Waals surface area contributed by atoms with E-state index in [0.29, 0.717) is 41.8 Å². The van der Waals surface area contributed by atoms with Crippen molar-refractivity contribution >= 4 is 17.4 Å². The fraction of sp³-hybridized carbons (Fsp3) is 0.308. The summed E-state index contributed by atoms with van der Waals surface area (Å²) in [5.74, 6) is 2.17. The number of pyridine rings is 1. The monoisotopic (exact) mass is 477 g/mol. The molecule has 0 aliphatic carbocycles. The molecule has 1 fully saturated rings. The first-order chi connectivity index (χ1) is 17.1. The van der Waals surface area contributed by atoms with Crippen molar-refractivity contribution in [3.63, 3.8) is 0 Å².